The van der Waals surface area contributed by atoms with E-state index in [2.05, 4.69) is 9.97 Å². The van der Waals surface area contributed by atoms with Gasteiger partial charge in [-0.05, 0) is 25.3 Å². The van der Waals surface area contributed by atoms with E-state index in [0.29, 0.717) is 24.6 Å². The lowest BCUT2D eigenvalue weighted by Crippen LogP contribution is -2.35. The minimum atomic E-state index is -0.422. The van der Waals surface area contributed by atoms with E-state index in [9.17, 15) is 15.2 Å². The van der Waals surface area contributed by atoms with Gasteiger partial charge in [0.2, 0.25) is 0 Å². The van der Waals surface area contributed by atoms with Gasteiger partial charge in [0.05, 0.1) is 12.6 Å². The summed E-state index contributed by atoms with van der Waals surface area (Å²) in [5.41, 5.74) is 1.79. The molecule has 0 amide bonds. The summed E-state index contributed by atoms with van der Waals surface area (Å²) in [6.45, 7) is 2.70. The summed E-state index contributed by atoms with van der Waals surface area (Å²) < 4.78 is 0. The second-order valence-electron chi connectivity index (χ2n) is 6.16. The first-order valence-corrected chi connectivity index (χ1v) is 8.08. The first-order valence-electron chi connectivity index (χ1n) is 8.08. The highest BCUT2D eigenvalue weighted by atomic mass is 16.3. The molecule has 2 heterocycles. The third-order valence-corrected chi connectivity index (χ3v) is 4.38. The van der Waals surface area contributed by atoms with E-state index in [1.807, 2.05) is 42.2 Å². The average molecular weight is 324 g/mol. The number of nitrogens with one attached hydrogen (secondary N) is 1. The highest BCUT2D eigenvalue weighted by Gasteiger charge is 2.28. The molecule has 1 atom stereocenters. The molecule has 1 aromatic heterocycles. The van der Waals surface area contributed by atoms with Gasteiger partial charge in [0, 0.05) is 13.0 Å². The molecule has 6 heteroatoms. The number of nitrogens with zero attached hydrogens (tertiary/aromatic N) is 3. The lowest BCUT2D eigenvalue weighted by Gasteiger charge is -2.25. The van der Waals surface area contributed by atoms with Gasteiger partial charge in [-0.25, -0.2) is 4.98 Å². The Hall–Kier alpha value is -2.65. The number of hydrogen-bond donors (Lipinski definition) is 2. The number of aromatic amines is 1. The largest absolute Gasteiger partial charge is 0.394 e. The van der Waals surface area contributed by atoms with Crippen molar-refractivity contribution in [2.75, 3.05) is 18.1 Å². The molecule has 1 aliphatic rings. The molecule has 124 valence electrons. The third-order valence-electron chi connectivity index (χ3n) is 4.38. The Kier molecular flexibility index (Phi) is 4.63. The Bertz CT molecular complexity index is 838. The Morgan fingerprint density at radius 1 is 1.50 bits per heavy atom. The highest BCUT2D eigenvalue weighted by molar-refractivity contribution is 5.54. The fourth-order valence-corrected chi connectivity index (χ4v) is 3.22. The van der Waals surface area contributed by atoms with Gasteiger partial charge >= 0.3 is 0 Å². The minimum absolute atomic E-state index is 0.00738. The van der Waals surface area contributed by atoms with Crippen molar-refractivity contribution >= 4 is 5.82 Å². The lowest BCUT2D eigenvalue weighted by atomic mass is 10.1. The quantitative estimate of drug-likeness (QED) is 0.889. The zero-order chi connectivity index (χ0) is 17.1. The number of aromatic nitrogens is 2. The molecule has 0 aliphatic carbocycles. The van der Waals surface area contributed by atoms with Gasteiger partial charge in [-0.2, -0.15) is 5.26 Å². The molecule has 24 heavy (non-hydrogen) atoms. The molecule has 0 bridgehead atoms. The van der Waals surface area contributed by atoms with Crippen molar-refractivity contribution in [1.29, 1.82) is 5.26 Å². The predicted octanol–water partition coefficient (Wildman–Crippen LogP) is 1.50. The van der Waals surface area contributed by atoms with Gasteiger partial charge in [-0.1, -0.05) is 29.8 Å². The summed E-state index contributed by atoms with van der Waals surface area (Å²) in [4.78, 5) is 21.4. The summed E-state index contributed by atoms with van der Waals surface area (Å²) in [5.74, 6) is 0.920. The Labute approximate surface area is 140 Å². The Morgan fingerprint density at radius 3 is 3.04 bits per heavy atom. The van der Waals surface area contributed by atoms with Gasteiger partial charge in [-0.15, -0.1) is 0 Å². The summed E-state index contributed by atoms with van der Waals surface area (Å²) >= 11 is 0. The monoisotopic (exact) mass is 324 g/mol. The SMILES string of the molecule is Cc1cccc(Cc2nc(N3CCC[C@H]3CO)c(C#N)c(=O)[nH]2)c1. The maximum Gasteiger partial charge on any atom is 0.271 e. The van der Waals surface area contributed by atoms with E-state index in [1.165, 1.54) is 0 Å². The van der Waals surface area contributed by atoms with Crippen LogP contribution in [0.5, 0.6) is 0 Å². The zero-order valence-electron chi connectivity index (χ0n) is 13.6. The molecule has 1 saturated heterocycles. The average Bonchev–Trinajstić information content (AvgIpc) is 3.03. The Balaban J connectivity index is 2.00. The van der Waals surface area contributed by atoms with Crippen molar-refractivity contribution in [2.45, 2.75) is 32.2 Å². The number of aryl methyl sites for hydroxylation is 1. The number of hydrogen-bond acceptors (Lipinski definition) is 5. The van der Waals surface area contributed by atoms with Crippen LogP contribution in [0.2, 0.25) is 0 Å². The Morgan fingerprint density at radius 2 is 2.33 bits per heavy atom. The summed E-state index contributed by atoms with van der Waals surface area (Å²) in [6.07, 6.45) is 2.24. The van der Waals surface area contributed by atoms with E-state index in [4.69, 9.17) is 0 Å². The van der Waals surface area contributed by atoms with Crippen LogP contribution in [0.3, 0.4) is 0 Å². The molecule has 2 N–H and O–H groups in total. The standard InChI is InChI=1S/C18H20N4O2/c1-12-4-2-5-13(8-12)9-16-20-17(15(10-19)18(24)21-16)22-7-3-6-14(22)11-23/h2,4-5,8,14,23H,3,6-7,9,11H2,1H3,(H,20,21,24)/t14-/m0/s1. The van der Waals surface area contributed by atoms with Crippen molar-refractivity contribution in [3.8, 4) is 6.07 Å². The van der Waals surface area contributed by atoms with Crippen LogP contribution in [-0.2, 0) is 6.42 Å². The van der Waals surface area contributed by atoms with Crippen LogP contribution in [0, 0.1) is 18.3 Å². The topological polar surface area (TPSA) is 93.0 Å². The van der Waals surface area contributed by atoms with Crippen molar-refractivity contribution < 1.29 is 5.11 Å². The molecule has 0 unspecified atom stereocenters. The van der Waals surface area contributed by atoms with Gasteiger partial charge in [-0.3, -0.25) is 4.79 Å². The number of benzene rings is 1. The van der Waals surface area contributed by atoms with Crippen LogP contribution in [-0.4, -0.2) is 34.3 Å². The predicted molar refractivity (Wildman–Crippen MR) is 91.0 cm³/mol. The fourth-order valence-electron chi connectivity index (χ4n) is 3.22. The molecular weight excluding hydrogens is 304 g/mol. The molecule has 0 radical (unpaired) electrons. The highest BCUT2D eigenvalue weighted by Crippen LogP contribution is 2.25. The second kappa shape index (κ2) is 6.85. The fraction of sp³-hybridized carbons (Fsp3) is 0.389. The molecule has 1 aromatic carbocycles. The molecule has 0 saturated carbocycles. The molecule has 6 nitrogen and oxygen atoms in total. The van der Waals surface area contributed by atoms with Crippen molar-refractivity contribution in [2.24, 2.45) is 0 Å². The van der Waals surface area contributed by atoms with Crippen LogP contribution in [0.15, 0.2) is 29.1 Å². The van der Waals surface area contributed by atoms with Crippen LogP contribution in [0.1, 0.15) is 35.4 Å². The number of anilines is 1. The number of aliphatic hydroxyl groups excluding tert-OH is 1. The molecule has 2 aromatic rings. The van der Waals surface area contributed by atoms with Gasteiger partial charge < -0.3 is 15.0 Å². The molecule has 3 rings (SSSR count). The van der Waals surface area contributed by atoms with Gasteiger partial charge in [0.25, 0.3) is 5.56 Å². The smallest absolute Gasteiger partial charge is 0.271 e. The minimum Gasteiger partial charge on any atom is -0.394 e. The third kappa shape index (κ3) is 3.17. The van der Waals surface area contributed by atoms with E-state index in [1.54, 1.807) is 0 Å². The second-order valence-corrected chi connectivity index (χ2v) is 6.16. The molecule has 1 aliphatic heterocycles. The van der Waals surface area contributed by atoms with Crippen LogP contribution in [0.25, 0.3) is 0 Å². The van der Waals surface area contributed by atoms with Crippen LogP contribution in [0.4, 0.5) is 5.82 Å². The maximum absolute atomic E-state index is 12.3. The van der Waals surface area contributed by atoms with Gasteiger partial charge in [0.1, 0.15) is 11.9 Å². The zero-order valence-corrected chi connectivity index (χ0v) is 13.6. The van der Waals surface area contributed by atoms with E-state index in [-0.39, 0.29) is 18.2 Å². The number of aliphatic hydroxyl groups is 1. The van der Waals surface area contributed by atoms with Crippen molar-refractivity contribution in [3.05, 3.63) is 57.1 Å². The molecule has 0 spiro atoms. The molecular formula is C18H20N4O2. The lowest BCUT2D eigenvalue weighted by molar-refractivity contribution is 0.266. The van der Waals surface area contributed by atoms with E-state index < -0.39 is 5.56 Å². The number of nitriles is 1. The van der Waals surface area contributed by atoms with E-state index in [0.717, 1.165) is 24.0 Å². The first kappa shape index (κ1) is 16.2. The molecule has 1 fully saturated rings. The van der Waals surface area contributed by atoms with Crippen molar-refractivity contribution in [1.82, 2.24) is 9.97 Å². The van der Waals surface area contributed by atoms with Crippen LogP contribution >= 0.6 is 0 Å². The van der Waals surface area contributed by atoms with Gasteiger partial charge in [0.15, 0.2) is 11.4 Å². The van der Waals surface area contributed by atoms with E-state index >= 15 is 0 Å². The normalized spacial score (nSPS) is 17.0. The summed E-state index contributed by atoms with van der Waals surface area (Å²) in [6, 6.07) is 9.88. The first-order chi connectivity index (χ1) is 11.6. The van der Waals surface area contributed by atoms with Crippen LogP contribution < -0.4 is 10.5 Å². The number of H-pyrrole nitrogens is 1. The maximum atomic E-state index is 12.3. The number of rotatable bonds is 4. The summed E-state index contributed by atoms with van der Waals surface area (Å²) in [5, 5.41) is 18.9. The summed E-state index contributed by atoms with van der Waals surface area (Å²) in [7, 11) is 0. The van der Waals surface area contributed by atoms with Crippen molar-refractivity contribution in [3.63, 3.8) is 0 Å².